The minimum atomic E-state index is 1.02. The monoisotopic (exact) mass is 274 g/mol. The third-order valence-corrected chi connectivity index (χ3v) is 3.34. The van der Waals surface area contributed by atoms with E-state index in [0.29, 0.717) is 0 Å². The molecular formula is C13H11BrN2. The summed E-state index contributed by atoms with van der Waals surface area (Å²) in [6.07, 6.45) is 2.95. The average molecular weight is 275 g/mol. The van der Waals surface area contributed by atoms with Crippen LogP contribution in [0.25, 0.3) is 0 Å². The van der Waals surface area contributed by atoms with Crippen molar-refractivity contribution < 1.29 is 0 Å². The number of benzene rings is 1. The predicted octanol–water partition coefficient (Wildman–Crippen LogP) is 3.54. The van der Waals surface area contributed by atoms with Crippen LogP contribution in [0.3, 0.4) is 0 Å². The molecule has 0 N–H and O–H groups in total. The van der Waals surface area contributed by atoms with Gasteiger partial charge in [-0.1, -0.05) is 18.2 Å². The SMILES string of the molecule is Brc1ccc(N2CCc3ccccc32)nc1. The van der Waals surface area contributed by atoms with Gasteiger partial charge in [-0.25, -0.2) is 4.98 Å². The number of halogens is 1. The van der Waals surface area contributed by atoms with Crippen LogP contribution in [-0.4, -0.2) is 11.5 Å². The second-order valence-electron chi connectivity index (χ2n) is 3.86. The molecule has 1 aromatic heterocycles. The van der Waals surface area contributed by atoms with Crippen LogP contribution in [0.5, 0.6) is 0 Å². The van der Waals surface area contributed by atoms with Crippen molar-refractivity contribution in [2.24, 2.45) is 0 Å². The minimum Gasteiger partial charge on any atom is -0.326 e. The smallest absolute Gasteiger partial charge is 0.133 e. The highest BCUT2D eigenvalue weighted by molar-refractivity contribution is 9.10. The van der Waals surface area contributed by atoms with Crippen molar-refractivity contribution in [3.63, 3.8) is 0 Å². The quantitative estimate of drug-likeness (QED) is 0.791. The molecule has 0 saturated carbocycles. The van der Waals surface area contributed by atoms with Crippen molar-refractivity contribution >= 4 is 27.4 Å². The molecule has 0 bridgehead atoms. The molecule has 0 fully saturated rings. The highest BCUT2D eigenvalue weighted by atomic mass is 79.9. The van der Waals surface area contributed by atoms with E-state index in [4.69, 9.17) is 0 Å². The van der Waals surface area contributed by atoms with Crippen LogP contribution < -0.4 is 4.90 Å². The molecule has 0 radical (unpaired) electrons. The standard InChI is InChI=1S/C13H11BrN2/c14-11-5-6-13(15-9-11)16-8-7-10-3-1-2-4-12(10)16/h1-6,9H,7-8H2. The number of rotatable bonds is 1. The van der Waals surface area contributed by atoms with E-state index in [9.17, 15) is 0 Å². The molecular weight excluding hydrogens is 264 g/mol. The lowest BCUT2D eigenvalue weighted by Crippen LogP contribution is -2.14. The first-order chi connectivity index (χ1) is 7.84. The van der Waals surface area contributed by atoms with E-state index in [2.05, 4.69) is 50.1 Å². The second-order valence-corrected chi connectivity index (χ2v) is 4.78. The number of pyridine rings is 1. The molecule has 0 aliphatic carbocycles. The maximum absolute atomic E-state index is 4.44. The Morgan fingerprint density at radius 2 is 2.00 bits per heavy atom. The lowest BCUT2D eigenvalue weighted by Gasteiger charge is -2.17. The first-order valence-electron chi connectivity index (χ1n) is 5.31. The van der Waals surface area contributed by atoms with Gasteiger partial charge in [-0.2, -0.15) is 0 Å². The van der Waals surface area contributed by atoms with Crippen LogP contribution in [0.15, 0.2) is 47.1 Å². The largest absolute Gasteiger partial charge is 0.326 e. The molecule has 2 heterocycles. The lowest BCUT2D eigenvalue weighted by atomic mass is 10.2. The van der Waals surface area contributed by atoms with Crippen LogP contribution in [-0.2, 0) is 6.42 Å². The van der Waals surface area contributed by atoms with E-state index < -0.39 is 0 Å². The van der Waals surface area contributed by atoms with Crippen LogP contribution >= 0.6 is 15.9 Å². The first-order valence-corrected chi connectivity index (χ1v) is 6.11. The summed E-state index contributed by atoms with van der Waals surface area (Å²) in [4.78, 5) is 6.70. The highest BCUT2D eigenvalue weighted by Gasteiger charge is 2.20. The summed E-state index contributed by atoms with van der Waals surface area (Å²) >= 11 is 3.40. The lowest BCUT2D eigenvalue weighted by molar-refractivity contribution is 0.973. The van der Waals surface area contributed by atoms with E-state index in [1.54, 1.807) is 0 Å². The molecule has 0 spiro atoms. The fraction of sp³-hybridized carbons (Fsp3) is 0.154. The third-order valence-electron chi connectivity index (χ3n) is 2.88. The summed E-state index contributed by atoms with van der Waals surface area (Å²) in [5.74, 6) is 1.02. The van der Waals surface area contributed by atoms with E-state index >= 15 is 0 Å². The van der Waals surface area contributed by atoms with Crippen molar-refractivity contribution in [2.45, 2.75) is 6.42 Å². The van der Waals surface area contributed by atoms with E-state index in [1.807, 2.05) is 18.3 Å². The number of aromatic nitrogens is 1. The molecule has 0 atom stereocenters. The third kappa shape index (κ3) is 1.61. The van der Waals surface area contributed by atoms with Gasteiger partial charge in [0, 0.05) is 22.9 Å². The van der Waals surface area contributed by atoms with Crippen molar-refractivity contribution in [2.75, 3.05) is 11.4 Å². The van der Waals surface area contributed by atoms with E-state index in [1.165, 1.54) is 11.3 Å². The molecule has 80 valence electrons. The minimum absolute atomic E-state index is 1.02. The summed E-state index contributed by atoms with van der Waals surface area (Å²) < 4.78 is 1.02. The second kappa shape index (κ2) is 3.91. The molecule has 2 aromatic rings. The summed E-state index contributed by atoms with van der Waals surface area (Å²) in [5.41, 5.74) is 2.70. The molecule has 3 heteroatoms. The fourth-order valence-electron chi connectivity index (χ4n) is 2.10. The van der Waals surface area contributed by atoms with Gasteiger partial charge < -0.3 is 4.90 Å². The van der Waals surface area contributed by atoms with Crippen molar-refractivity contribution in [3.8, 4) is 0 Å². The Labute approximate surface area is 103 Å². The zero-order chi connectivity index (χ0) is 11.0. The molecule has 1 aromatic carbocycles. The Hall–Kier alpha value is -1.35. The van der Waals surface area contributed by atoms with Crippen LogP contribution in [0.4, 0.5) is 11.5 Å². The van der Waals surface area contributed by atoms with Crippen LogP contribution in [0.1, 0.15) is 5.56 Å². The Bertz CT molecular complexity index is 508. The molecule has 0 unspecified atom stereocenters. The summed E-state index contributed by atoms with van der Waals surface area (Å²) in [5, 5.41) is 0. The van der Waals surface area contributed by atoms with Gasteiger partial charge >= 0.3 is 0 Å². The number of nitrogens with zero attached hydrogens (tertiary/aromatic N) is 2. The summed E-state index contributed by atoms with van der Waals surface area (Å²) in [6.45, 7) is 1.02. The summed E-state index contributed by atoms with van der Waals surface area (Å²) in [7, 11) is 0. The molecule has 0 saturated heterocycles. The molecule has 0 amide bonds. The van der Waals surface area contributed by atoms with Gasteiger partial charge in [-0.3, -0.25) is 0 Å². The number of hydrogen-bond donors (Lipinski definition) is 0. The van der Waals surface area contributed by atoms with E-state index in [-0.39, 0.29) is 0 Å². The van der Waals surface area contributed by atoms with Gasteiger partial charge in [0.15, 0.2) is 0 Å². The molecule has 1 aliphatic heterocycles. The Balaban J connectivity index is 2.01. The molecule has 2 nitrogen and oxygen atoms in total. The number of fused-ring (bicyclic) bond motifs is 1. The van der Waals surface area contributed by atoms with Gasteiger partial charge in [0.1, 0.15) is 5.82 Å². The van der Waals surface area contributed by atoms with Crippen molar-refractivity contribution in [1.29, 1.82) is 0 Å². The average Bonchev–Trinajstić information content (AvgIpc) is 2.74. The van der Waals surface area contributed by atoms with Crippen LogP contribution in [0.2, 0.25) is 0 Å². The zero-order valence-corrected chi connectivity index (χ0v) is 10.3. The summed E-state index contributed by atoms with van der Waals surface area (Å²) in [6, 6.07) is 12.6. The Kier molecular flexibility index (Phi) is 2.40. The Morgan fingerprint density at radius 3 is 2.81 bits per heavy atom. The number of para-hydroxylation sites is 1. The van der Waals surface area contributed by atoms with Gasteiger partial charge in [0.25, 0.3) is 0 Å². The highest BCUT2D eigenvalue weighted by Crippen LogP contribution is 2.33. The number of anilines is 2. The van der Waals surface area contributed by atoms with Crippen molar-refractivity contribution in [1.82, 2.24) is 4.98 Å². The Morgan fingerprint density at radius 1 is 1.12 bits per heavy atom. The molecule has 3 rings (SSSR count). The first kappa shape index (κ1) is 9.85. The van der Waals surface area contributed by atoms with E-state index in [0.717, 1.165) is 23.3 Å². The maximum Gasteiger partial charge on any atom is 0.133 e. The normalized spacial score (nSPS) is 13.9. The fourth-order valence-corrected chi connectivity index (χ4v) is 2.34. The van der Waals surface area contributed by atoms with Gasteiger partial charge in [0.05, 0.1) is 0 Å². The van der Waals surface area contributed by atoms with Gasteiger partial charge in [-0.05, 0) is 46.1 Å². The topological polar surface area (TPSA) is 16.1 Å². The molecule has 1 aliphatic rings. The van der Waals surface area contributed by atoms with Gasteiger partial charge in [0.2, 0.25) is 0 Å². The van der Waals surface area contributed by atoms with Gasteiger partial charge in [-0.15, -0.1) is 0 Å². The number of hydrogen-bond acceptors (Lipinski definition) is 2. The predicted molar refractivity (Wildman–Crippen MR) is 69.1 cm³/mol. The maximum atomic E-state index is 4.44. The van der Waals surface area contributed by atoms with Crippen LogP contribution in [0, 0.1) is 0 Å². The molecule has 16 heavy (non-hydrogen) atoms. The zero-order valence-electron chi connectivity index (χ0n) is 8.73. The van der Waals surface area contributed by atoms with Crippen molar-refractivity contribution in [3.05, 3.63) is 52.6 Å².